The number of hydrogen-bond acceptors (Lipinski definition) is 2. The Morgan fingerprint density at radius 3 is 2.20 bits per heavy atom. The molecule has 3 atom stereocenters. The summed E-state index contributed by atoms with van der Waals surface area (Å²) in [5.74, 6) is 0. The molecule has 0 aromatic rings. The molecule has 0 amide bonds. The van der Waals surface area contributed by atoms with Gasteiger partial charge in [-0.2, -0.15) is 0 Å². The van der Waals surface area contributed by atoms with Crippen molar-refractivity contribution >= 4 is 0 Å². The summed E-state index contributed by atoms with van der Waals surface area (Å²) in [6, 6.07) is 2.14. The van der Waals surface area contributed by atoms with E-state index in [1.54, 1.807) is 0 Å². The van der Waals surface area contributed by atoms with Gasteiger partial charge in [0.1, 0.15) is 0 Å². The van der Waals surface area contributed by atoms with Gasteiger partial charge in [-0.05, 0) is 32.1 Å². The van der Waals surface area contributed by atoms with Crippen LogP contribution in [0.25, 0.3) is 0 Å². The van der Waals surface area contributed by atoms with Crippen molar-refractivity contribution in [2.45, 2.75) is 65.1 Å². The Morgan fingerprint density at radius 1 is 1.13 bits per heavy atom. The van der Waals surface area contributed by atoms with Crippen molar-refractivity contribution in [2.24, 2.45) is 5.41 Å². The van der Waals surface area contributed by atoms with Crippen LogP contribution in [0.3, 0.4) is 0 Å². The van der Waals surface area contributed by atoms with Crippen molar-refractivity contribution in [1.29, 1.82) is 0 Å². The summed E-state index contributed by atoms with van der Waals surface area (Å²) in [7, 11) is 0. The first-order valence-electron chi connectivity index (χ1n) is 6.49. The number of hydrogen-bond donors (Lipinski definition) is 1. The predicted octanol–water partition coefficient (Wildman–Crippen LogP) is 2.25. The number of nitrogens with zero attached hydrogens (tertiary/aromatic N) is 1. The van der Waals surface area contributed by atoms with Crippen LogP contribution in [0, 0.1) is 5.41 Å². The van der Waals surface area contributed by atoms with Crippen molar-refractivity contribution < 1.29 is 0 Å². The standard InChI is InChI=1S/C13H26N2/c1-10-8-15(9-11(2)14-10)12-6-5-7-13(12,3)4/h10-12,14H,5-9H2,1-4H3. The summed E-state index contributed by atoms with van der Waals surface area (Å²) in [5.41, 5.74) is 0.538. The van der Waals surface area contributed by atoms with E-state index in [1.807, 2.05) is 0 Å². The van der Waals surface area contributed by atoms with Gasteiger partial charge >= 0.3 is 0 Å². The first-order chi connectivity index (χ1) is 6.99. The first-order valence-corrected chi connectivity index (χ1v) is 6.49. The highest BCUT2D eigenvalue weighted by molar-refractivity contribution is 4.95. The molecule has 1 saturated heterocycles. The van der Waals surface area contributed by atoms with E-state index in [1.165, 1.54) is 32.4 Å². The molecule has 2 heteroatoms. The highest BCUT2D eigenvalue weighted by Crippen LogP contribution is 2.40. The van der Waals surface area contributed by atoms with Gasteiger partial charge in [0, 0.05) is 31.2 Å². The van der Waals surface area contributed by atoms with E-state index in [2.05, 4.69) is 37.9 Å². The molecule has 0 radical (unpaired) electrons. The Morgan fingerprint density at radius 2 is 1.73 bits per heavy atom. The largest absolute Gasteiger partial charge is 0.309 e. The minimum Gasteiger partial charge on any atom is -0.309 e. The normalized spacial score (nSPS) is 42.0. The van der Waals surface area contributed by atoms with Crippen molar-refractivity contribution in [3.05, 3.63) is 0 Å². The third-order valence-corrected chi connectivity index (χ3v) is 4.23. The highest BCUT2D eigenvalue weighted by Gasteiger charge is 2.40. The van der Waals surface area contributed by atoms with Gasteiger partial charge in [0.25, 0.3) is 0 Å². The molecule has 0 aromatic heterocycles. The van der Waals surface area contributed by atoms with Crippen LogP contribution in [0.15, 0.2) is 0 Å². The van der Waals surface area contributed by atoms with Crippen molar-refractivity contribution in [3.63, 3.8) is 0 Å². The maximum Gasteiger partial charge on any atom is 0.0169 e. The van der Waals surface area contributed by atoms with Gasteiger partial charge in [-0.1, -0.05) is 20.3 Å². The van der Waals surface area contributed by atoms with E-state index in [0.29, 0.717) is 17.5 Å². The summed E-state index contributed by atoms with van der Waals surface area (Å²) in [4.78, 5) is 2.73. The van der Waals surface area contributed by atoms with E-state index in [0.717, 1.165) is 6.04 Å². The molecular weight excluding hydrogens is 184 g/mol. The predicted molar refractivity (Wildman–Crippen MR) is 65.1 cm³/mol. The van der Waals surface area contributed by atoms with Gasteiger partial charge in [-0.15, -0.1) is 0 Å². The zero-order valence-electron chi connectivity index (χ0n) is 10.7. The van der Waals surface area contributed by atoms with Gasteiger partial charge < -0.3 is 5.32 Å². The number of piperazine rings is 1. The minimum absolute atomic E-state index is 0.538. The van der Waals surface area contributed by atoms with Crippen LogP contribution in [0.2, 0.25) is 0 Å². The summed E-state index contributed by atoms with van der Waals surface area (Å²) in [5, 5.41) is 3.62. The van der Waals surface area contributed by atoms with E-state index in [4.69, 9.17) is 0 Å². The van der Waals surface area contributed by atoms with E-state index in [-0.39, 0.29) is 0 Å². The fourth-order valence-electron chi connectivity index (χ4n) is 3.61. The van der Waals surface area contributed by atoms with Crippen LogP contribution in [0.4, 0.5) is 0 Å². The average Bonchev–Trinajstić information content (AvgIpc) is 2.43. The Kier molecular flexibility index (Phi) is 3.09. The Hall–Kier alpha value is -0.0800. The van der Waals surface area contributed by atoms with E-state index < -0.39 is 0 Å². The zero-order chi connectivity index (χ0) is 11.1. The maximum atomic E-state index is 3.62. The van der Waals surface area contributed by atoms with Crippen LogP contribution in [0.1, 0.15) is 47.0 Å². The molecule has 2 rings (SSSR count). The number of nitrogens with one attached hydrogen (secondary N) is 1. The lowest BCUT2D eigenvalue weighted by molar-refractivity contribution is 0.0684. The van der Waals surface area contributed by atoms with Gasteiger partial charge in [-0.3, -0.25) is 4.90 Å². The topological polar surface area (TPSA) is 15.3 Å². The molecule has 1 heterocycles. The fourth-order valence-corrected chi connectivity index (χ4v) is 3.61. The zero-order valence-corrected chi connectivity index (χ0v) is 10.7. The second-order valence-electron chi connectivity index (χ2n) is 6.32. The van der Waals surface area contributed by atoms with Gasteiger partial charge in [-0.25, -0.2) is 0 Å². The lowest BCUT2D eigenvalue weighted by Gasteiger charge is -2.44. The van der Waals surface area contributed by atoms with E-state index >= 15 is 0 Å². The lowest BCUT2D eigenvalue weighted by Crippen LogP contribution is -2.58. The monoisotopic (exact) mass is 210 g/mol. The molecule has 1 aliphatic carbocycles. The molecule has 0 spiro atoms. The van der Waals surface area contributed by atoms with Crippen molar-refractivity contribution in [2.75, 3.05) is 13.1 Å². The molecule has 88 valence electrons. The summed E-state index contributed by atoms with van der Waals surface area (Å²) >= 11 is 0. The first kappa shape index (κ1) is 11.4. The van der Waals surface area contributed by atoms with Crippen LogP contribution in [0.5, 0.6) is 0 Å². The SMILES string of the molecule is CC1CN(C2CCCC2(C)C)CC(C)N1. The van der Waals surface area contributed by atoms with Crippen LogP contribution in [-0.4, -0.2) is 36.1 Å². The molecule has 1 aliphatic heterocycles. The molecule has 2 nitrogen and oxygen atoms in total. The quantitative estimate of drug-likeness (QED) is 0.714. The summed E-state index contributed by atoms with van der Waals surface area (Å²) in [6.45, 7) is 12.0. The van der Waals surface area contributed by atoms with Gasteiger partial charge in [0.15, 0.2) is 0 Å². The second-order valence-corrected chi connectivity index (χ2v) is 6.32. The summed E-state index contributed by atoms with van der Waals surface area (Å²) < 4.78 is 0. The molecule has 1 saturated carbocycles. The smallest absolute Gasteiger partial charge is 0.0169 e. The van der Waals surface area contributed by atoms with E-state index in [9.17, 15) is 0 Å². The van der Waals surface area contributed by atoms with Gasteiger partial charge in [0.05, 0.1) is 0 Å². The molecule has 2 aliphatic rings. The molecule has 0 bridgehead atoms. The highest BCUT2D eigenvalue weighted by atomic mass is 15.2. The second kappa shape index (κ2) is 4.06. The third-order valence-electron chi connectivity index (χ3n) is 4.23. The molecule has 0 aromatic carbocycles. The van der Waals surface area contributed by atoms with Crippen molar-refractivity contribution in [1.82, 2.24) is 10.2 Å². The minimum atomic E-state index is 0.538. The Balaban J connectivity index is 2.03. The number of rotatable bonds is 1. The summed E-state index contributed by atoms with van der Waals surface area (Å²) in [6.07, 6.45) is 4.24. The molecule has 1 N–H and O–H groups in total. The fraction of sp³-hybridized carbons (Fsp3) is 1.00. The van der Waals surface area contributed by atoms with Gasteiger partial charge in [0.2, 0.25) is 0 Å². The van der Waals surface area contributed by atoms with Crippen LogP contribution >= 0.6 is 0 Å². The van der Waals surface area contributed by atoms with Crippen molar-refractivity contribution in [3.8, 4) is 0 Å². The average molecular weight is 210 g/mol. The molecule has 2 fully saturated rings. The van der Waals surface area contributed by atoms with Crippen LogP contribution < -0.4 is 5.32 Å². The lowest BCUT2D eigenvalue weighted by atomic mass is 9.85. The Bertz CT molecular complexity index is 215. The molecular formula is C13H26N2. The molecule has 3 unspecified atom stereocenters. The third kappa shape index (κ3) is 2.36. The Labute approximate surface area is 94.4 Å². The maximum absolute atomic E-state index is 3.62. The molecule has 15 heavy (non-hydrogen) atoms. The van der Waals surface area contributed by atoms with Crippen LogP contribution in [-0.2, 0) is 0 Å².